The summed E-state index contributed by atoms with van der Waals surface area (Å²) in [4.78, 5) is 23.9. The van der Waals surface area contributed by atoms with Crippen LogP contribution in [0.15, 0.2) is 71.3 Å². The van der Waals surface area contributed by atoms with E-state index in [-0.39, 0.29) is 0 Å². The number of nitrogens with two attached hydrogens (primary N) is 1. The van der Waals surface area contributed by atoms with Gasteiger partial charge >= 0.3 is 6.03 Å². The number of rotatable bonds is 5. The first-order valence-corrected chi connectivity index (χ1v) is 8.11. The Balaban J connectivity index is 1.81. The molecule has 0 saturated carbocycles. The lowest BCUT2D eigenvalue weighted by Crippen LogP contribution is -2.33. The molecule has 4 N–H and O–H groups in total. The van der Waals surface area contributed by atoms with Crippen molar-refractivity contribution in [2.24, 2.45) is 5.73 Å². The quantitative estimate of drug-likeness (QED) is 0.656. The smallest absolute Gasteiger partial charge is 0.320 e. The van der Waals surface area contributed by atoms with E-state index < -0.39 is 18.0 Å². The largest absolute Gasteiger partial charge is 0.467 e. The second-order valence-electron chi connectivity index (χ2n) is 5.85. The minimum atomic E-state index is -0.550. The Morgan fingerprint density at radius 2 is 1.81 bits per heavy atom. The summed E-state index contributed by atoms with van der Waals surface area (Å²) in [7, 11) is 0. The van der Waals surface area contributed by atoms with Crippen molar-refractivity contribution in [2.75, 3.05) is 5.32 Å². The minimum Gasteiger partial charge on any atom is -0.467 e. The number of anilines is 1. The Hall–Kier alpha value is -3.54. The highest BCUT2D eigenvalue weighted by Crippen LogP contribution is 2.23. The van der Waals surface area contributed by atoms with Crippen molar-refractivity contribution < 1.29 is 14.0 Å². The molecule has 0 bridgehead atoms. The summed E-state index contributed by atoms with van der Waals surface area (Å²) >= 11 is 0. The molecule has 0 fully saturated rings. The second-order valence-corrected chi connectivity index (χ2v) is 5.85. The standard InChI is InChI=1S/C20H19N3O3/c1-13-9-10-15(19(21)24)12-16(13)22-20(25)23-18(17-8-5-11-26-17)14-6-3-2-4-7-14/h2-12,18H,1H3,(H2,21,24)(H2,22,23,25). The van der Waals surface area contributed by atoms with Gasteiger partial charge in [-0.15, -0.1) is 0 Å². The third-order valence-corrected chi connectivity index (χ3v) is 4.01. The van der Waals surface area contributed by atoms with E-state index in [4.69, 9.17) is 10.2 Å². The molecular weight excluding hydrogens is 330 g/mol. The van der Waals surface area contributed by atoms with Crippen molar-refractivity contribution in [3.8, 4) is 0 Å². The van der Waals surface area contributed by atoms with Crippen molar-refractivity contribution in [2.45, 2.75) is 13.0 Å². The molecule has 0 aliphatic rings. The number of hydrogen-bond acceptors (Lipinski definition) is 3. The van der Waals surface area contributed by atoms with Crippen molar-refractivity contribution in [1.29, 1.82) is 0 Å². The highest BCUT2D eigenvalue weighted by molar-refractivity contribution is 5.96. The Bertz CT molecular complexity index is 905. The number of carbonyl (C=O) groups is 2. The van der Waals surface area contributed by atoms with Gasteiger partial charge in [0.1, 0.15) is 11.8 Å². The normalized spacial score (nSPS) is 11.6. The molecule has 26 heavy (non-hydrogen) atoms. The van der Waals surface area contributed by atoms with Crippen LogP contribution in [0, 0.1) is 6.92 Å². The Morgan fingerprint density at radius 3 is 2.46 bits per heavy atom. The third-order valence-electron chi connectivity index (χ3n) is 4.01. The maximum atomic E-state index is 12.5. The highest BCUT2D eigenvalue weighted by atomic mass is 16.3. The monoisotopic (exact) mass is 349 g/mol. The van der Waals surface area contributed by atoms with Crippen LogP contribution in [0.1, 0.15) is 33.3 Å². The SMILES string of the molecule is Cc1ccc(C(N)=O)cc1NC(=O)NC(c1ccccc1)c1ccco1. The maximum absolute atomic E-state index is 12.5. The summed E-state index contributed by atoms with van der Waals surface area (Å²) < 4.78 is 5.47. The van der Waals surface area contributed by atoms with Gasteiger partial charge in [-0.05, 0) is 42.3 Å². The number of hydrogen-bond donors (Lipinski definition) is 3. The number of urea groups is 1. The Kier molecular flexibility index (Phi) is 5.03. The Labute approximate surface area is 151 Å². The molecule has 1 heterocycles. The first kappa shape index (κ1) is 17.3. The summed E-state index contributed by atoms with van der Waals surface area (Å²) in [5.74, 6) is 0.0696. The van der Waals surface area contributed by atoms with Crippen LogP contribution in [-0.4, -0.2) is 11.9 Å². The molecule has 0 radical (unpaired) electrons. The van der Waals surface area contributed by atoms with Gasteiger partial charge in [-0.1, -0.05) is 36.4 Å². The zero-order valence-electron chi connectivity index (χ0n) is 14.2. The number of nitrogens with one attached hydrogen (secondary N) is 2. The van der Waals surface area contributed by atoms with E-state index in [1.54, 1.807) is 36.6 Å². The zero-order valence-corrected chi connectivity index (χ0v) is 14.2. The van der Waals surface area contributed by atoms with E-state index in [9.17, 15) is 9.59 Å². The molecule has 3 aromatic rings. The van der Waals surface area contributed by atoms with E-state index >= 15 is 0 Å². The molecule has 1 aromatic heterocycles. The van der Waals surface area contributed by atoms with Crippen LogP contribution in [-0.2, 0) is 0 Å². The maximum Gasteiger partial charge on any atom is 0.320 e. The van der Waals surface area contributed by atoms with Gasteiger partial charge in [-0.25, -0.2) is 4.79 Å². The van der Waals surface area contributed by atoms with Gasteiger partial charge < -0.3 is 20.8 Å². The van der Waals surface area contributed by atoms with Gasteiger partial charge in [0.05, 0.1) is 6.26 Å². The molecular formula is C20H19N3O3. The summed E-state index contributed by atoms with van der Waals surface area (Å²) in [6.45, 7) is 1.83. The lowest BCUT2D eigenvalue weighted by atomic mass is 10.0. The van der Waals surface area contributed by atoms with Crippen LogP contribution in [0.5, 0.6) is 0 Å². The molecule has 0 aliphatic heterocycles. The number of benzene rings is 2. The Morgan fingerprint density at radius 1 is 1.04 bits per heavy atom. The topological polar surface area (TPSA) is 97.4 Å². The zero-order chi connectivity index (χ0) is 18.5. The summed E-state index contributed by atoms with van der Waals surface area (Å²) in [5, 5.41) is 5.67. The molecule has 1 unspecified atom stereocenters. The molecule has 0 spiro atoms. The van der Waals surface area contributed by atoms with Gasteiger partial charge in [0.15, 0.2) is 0 Å². The van der Waals surface area contributed by atoms with Crippen molar-refractivity contribution in [3.05, 3.63) is 89.4 Å². The summed E-state index contributed by atoms with van der Waals surface area (Å²) in [6.07, 6.45) is 1.56. The van der Waals surface area contributed by atoms with E-state index in [1.165, 1.54) is 0 Å². The van der Waals surface area contributed by atoms with Crippen LogP contribution in [0.3, 0.4) is 0 Å². The predicted molar refractivity (Wildman–Crippen MR) is 98.8 cm³/mol. The van der Waals surface area contributed by atoms with Crippen LogP contribution < -0.4 is 16.4 Å². The van der Waals surface area contributed by atoms with Crippen molar-refractivity contribution >= 4 is 17.6 Å². The molecule has 3 rings (SSSR count). The van der Waals surface area contributed by atoms with Crippen LogP contribution in [0.4, 0.5) is 10.5 Å². The lowest BCUT2D eigenvalue weighted by Gasteiger charge is -2.18. The minimum absolute atomic E-state index is 0.330. The van der Waals surface area contributed by atoms with Crippen LogP contribution in [0.25, 0.3) is 0 Å². The first-order valence-electron chi connectivity index (χ1n) is 8.11. The average molecular weight is 349 g/mol. The van der Waals surface area contributed by atoms with Crippen molar-refractivity contribution in [3.63, 3.8) is 0 Å². The van der Waals surface area contributed by atoms with Gasteiger partial charge in [0.25, 0.3) is 0 Å². The number of furan rings is 1. The predicted octanol–water partition coefficient (Wildman–Crippen LogP) is 3.60. The molecule has 3 amide bonds. The van der Waals surface area contributed by atoms with E-state index in [0.29, 0.717) is 17.0 Å². The molecule has 1 atom stereocenters. The fraction of sp³-hybridized carbons (Fsp3) is 0.100. The number of aryl methyl sites for hydroxylation is 1. The number of primary amides is 1. The molecule has 6 nitrogen and oxygen atoms in total. The lowest BCUT2D eigenvalue weighted by molar-refractivity contribution is 0.1000. The van der Waals surface area contributed by atoms with Gasteiger partial charge in [-0.2, -0.15) is 0 Å². The molecule has 132 valence electrons. The average Bonchev–Trinajstić information content (AvgIpc) is 3.16. The molecule has 2 aromatic carbocycles. The van der Waals surface area contributed by atoms with E-state index in [0.717, 1.165) is 11.1 Å². The van der Waals surface area contributed by atoms with Gasteiger partial charge in [0, 0.05) is 11.3 Å². The second kappa shape index (κ2) is 7.57. The van der Waals surface area contributed by atoms with E-state index in [2.05, 4.69) is 10.6 Å². The number of carbonyl (C=O) groups excluding carboxylic acids is 2. The summed E-state index contributed by atoms with van der Waals surface area (Å²) in [5.41, 5.74) is 7.86. The fourth-order valence-electron chi connectivity index (χ4n) is 2.62. The summed E-state index contributed by atoms with van der Waals surface area (Å²) in [6, 6.07) is 17.1. The van der Waals surface area contributed by atoms with Crippen LogP contribution >= 0.6 is 0 Å². The fourth-order valence-corrected chi connectivity index (χ4v) is 2.62. The molecule has 6 heteroatoms. The van der Waals surface area contributed by atoms with Crippen LogP contribution in [0.2, 0.25) is 0 Å². The molecule has 0 aliphatic carbocycles. The highest BCUT2D eigenvalue weighted by Gasteiger charge is 2.19. The van der Waals surface area contributed by atoms with E-state index in [1.807, 2.05) is 37.3 Å². The van der Waals surface area contributed by atoms with Gasteiger partial charge in [-0.3, -0.25) is 4.79 Å². The molecule has 0 saturated heterocycles. The number of amides is 3. The van der Waals surface area contributed by atoms with Gasteiger partial charge in [0.2, 0.25) is 5.91 Å². The van der Waals surface area contributed by atoms with Crippen molar-refractivity contribution in [1.82, 2.24) is 5.32 Å². The third kappa shape index (κ3) is 3.92. The first-order chi connectivity index (χ1) is 12.5.